The van der Waals surface area contributed by atoms with E-state index in [1.54, 1.807) is 11.3 Å². The van der Waals surface area contributed by atoms with Gasteiger partial charge in [0.05, 0.1) is 10.6 Å². The number of hydrazone groups is 1. The lowest BCUT2D eigenvalue weighted by molar-refractivity contribution is 0.842. The second kappa shape index (κ2) is 2.98. The normalized spacial score (nSPS) is 16.3. The zero-order chi connectivity index (χ0) is 8.39. The molecule has 3 nitrogen and oxygen atoms in total. The molecule has 12 heavy (non-hydrogen) atoms. The molecular formula is C8H9N3S. The van der Waals surface area contributed by atoms with Gasteiger partial charge in [0.2, 0.25) is 0 Å². The van der Waals surface area contributed by atoms with Gasteiger partial charge in [-0.15, -0.1) is 11.3 Å². The van der Waals surface area contributed by atoms with Crippen LogP contribution in [0.3, 0.4) is 0 Å². The van der Waals surface area contributed by atoms with Crippen molar-refractivity contribution in [3.8, 4) is 0 Å². The summed E-state index contributed by atoms with van der Waals surface area (Å²) in [6.45, 7) is 0. The van der Waals surface area contributed by atoms with Crippen LogP contribution in [0.2, 0.25) is 0 Å². The summed E-state index contributed by atoms with van der Waals surface area (Å²) < 4.78 is 0. The van der Waals surface area contributed by atoms with Crippen LogP contribution in [-0.2, 0) is 0 Å². The van der Waals surface area contributed by atoms with E-state index in [4.69, 9.17) is 5.73 Å². The van der Waals surface area contributed by atoms with Crippen LogP contribution in [0.1, 0.15) is 11.3 Å². The highest BCUT2D eigenvalue weighted by atomic mass is 32.1. The Morgan fingerprint density at radius 2 is 2.50 bits per heavy atom. The summed E-state index contributed by atoms with van der Waals surface area (Å²) in [4.78, 5) is 1.20. The first kappa shape index (κ1) is 7.36. The van der Waals surface area contributed by atoms with Crippen molar-refractivity contribution in [1.29, 1.82) is 0 Å². The zero-order valence-corrected chi connectivity index (χ0v) is 7.27. The average molecular weight is 179 g/mol. The van der Waals surface area contributed by atoms with E-state index >= 15 is 0 Å². The summed E-state index contributed by atoms with van der Waals surface area (Å²) in [5.41, 5.74) is 9.31. The molecule has 2 heterocycles. The first-order valence-corrected chi connectivity index (χ1v) is 4.56. The van der Waals surface area contributed by atoms with Gasteiger partial charge in [-0.2, -0.15) is 5.10 Å². The average Bonchev–Trinajstić information content (AvgIpc) is 2.58. The second-order valence-electron chi connectivity index (χ2n) is 2.51. The Bertz CT molecular complexity index is 324. The number of nitrogens with one attached hydrogen (secondary N) is 1. The Labute approximate surface area is 74.6 Å². The molecule has 0 saturated carbocycles. The largest absolute Gasteiger partial charge is 0.384 e. The fraction of sp³-hybridized carbons (Fsp3) is 0.125. The monoisotopic (exact) mass is 179 g/mol. The van der Waals surface area contributed by atoms with Gasteiger partial charge in [-0.05, 0) is 17.5 Å². The molecule has 2 rings (SSSR count). The summed E-state index contributed by atoms with van der Waals surface area (Å²) in [7, 11) is 0. The van der Waals surface area contributed by atoms with Crippen molar-refractivity contribution >= 4 is 17.0 Å². The molecule has 0 bridgehead atoms. The van der Waals surface area contributed by atoms with E-state index in [1.165, 1.54) is 4.88 Å². The Kier molecular flexibility index (Phi) is 1.83. The van der Waals surface area contributed by atoms with Gasteiger partial charge in [0.1, 0.15) is 5.82 Å². The molecule has 1 aliphatic heterocycles. The summed E-state index contributed by atoms with van der Waals surface area (Å²) in [6, 6.07) is 4.07. The van der Waals surface area contributed by atoms with Crippen LogP contribution in [0.15, 0.2) is 34.5 Å². The van der Waals surface area contributed by atoms with E-state index < -0.39 is 0 Å². The molecular weight excluding hydrogens is 170 g/mol. The van der Waals surface area contributed by atoms with E-state index in [0.29, 0.717) is 5.82 Å². The van der Waals surface area contributed by atoms with E-state index in [9.17, 15) is 0 Å². The van der Waals surface area contributed by atoms with Gasteiger partial charge in [-0.25, -0.2) is 0 Å². The molecule has 3 N–H and O–H groups in total. The minimum Gasteiger partial charge on any atom is -0.384 e. The van der Waals surface area contributed by atoms with Crippen molar-refractivity contribution in [2.75, 3.05) is 0 Å². The van der Waals surface area contributed by atoms with Gasteiger partial charge < -0.3 is 5.73 Å². The number of allylic oxidation sites excluding steroid dienone is 1. The van der Waals surface area contributed by atoms with Crippen LogP contribution in [0.4, 0.5) is 0 Å². The highest BCUT2D eigenvalue weighted by Gasteiger charge is 2.06. The lowest BCUT2D eigenvalue weighted by Gasteiger charge is -2.09. The fourth-order valence-electron chi connectivity index (χ4n) is 1.03. The van der Waals surface area contributed by atoms with Crippen molar-refractivity contribution in [1.82, 2.24) is 5.43 Å². The van der Waals surface area contributed by atoms with Crippen LogP contribution in [-0.4, -0.2) is 5.71 Å². The predicted molar refractivity (Wildman–Crippen MR) is 50.9 cm³/mol. The SMILES string of the molecule is NC1=CCC(c2cccs2)=NN1. The third-order valence-corrected chi connectivity index (χ3v) is 2.56. The van der Waals surface area contributed by atoms with Crippen LogP contribution in [0.5, 0.6) is 0 Å². The van der Waals surface area contributed by atoms with Gasteiger partial charge in [-0.1, -0.05) is 6.07 Å². The zero-order valence-electron chi connectivity index (χ0n) is 6.45. The maximum atomic E-state index is 5.50. The molecule has 0 spiro atoms. The standard InChI is InChI=1S/C8H9N3S/c9-8-4-3-6(10-11-8)7-2-1-5-12-7/h1-2,4-5,11H,3,9H2. The third-order valence-electron chi connectivity index (χ3n) is 1.64. The fourth-order valence-corrected chi connectivity index (χ4v) is 1.75. The first-order chi connectivity index (χ1) is 5.86. The molecule has 4 heteroatoms. The van der Waals surface area contributed by atoms with Crippen LogP contribution >= 0.6 is 11.3 Å². The minimum atomic E-state index is 0.635. The van der Waals surface area contributed by atoms with Gasteiger partial charge in [0, 0.05) is 6.42 Å². The van der Waals surface area contributed by atoms with E-state index in [1.807, 2.05) is 17.5 Å². The molecule has 0 saturated heterocycles. The summed E-state index contributed by atoms with van der Waals surface area (Å²) in [6.07, 6.45) is 2.75. The van der Waals surface area contributed by atoms with Crippen molar-refractivity contribution in [3.05, 3.63) is 34.3 Å². The van der Waals surface area contributed by atoms with Crippen LogP contribution in [0.25, 0.3) is 0 Å². The lowest BCUT2D eigenvalue weighted by atomic mass is 10.2. The molecule has 0 atom stereocenters. The smallest absolute Gasteiger partial charge is 0.113 e. The van der Waals surface area contributed by atoms with Crippen molar-refractivity contribution in [2.24, 2.45) is 10.8 Å². The summed E-state index contributed by atoms with van der Waals surface area (Å²) in [5, 5.41) is 6.18. The highest BCUT2D eigenvalue weighted by molar-refractivity contribution is 7.12. The number of nitrogens with two attached hydrogens (primary N) is 1. The van der Waals surface area contributed by atoms with Gasteiger partial charge in [-0.3, -0.25) is 5.43 Å². The Morgan fingerprint density at radius 3 is 3.08 bits per heavy atom. The van der Waals surface area contributed by atoms with Gasteiger partial charge in [0.15, 0.2) is 0 Å². The number of hydrogen-bond donors (Lipinski definition) is 2. The lowest BCUT2D eigenvalue weighted by Crippen LogP contribution is -2.20. The maximum Gasteiger partial charge on any atom is 0.113 e. The minimum absolute atomic E-state index is 0.635. The number of hydrogen-bond acceptors (Lipinski definition) is 4. The second-order valence-corrected chi connectivity index (χ2v) is 3.46. The molecule has 1 aliphatic rings. The summed E-state index contributed by atoms with van der Waals surface area (Å²) >= 11 is 1.69. The molecule has 1 aromatic heterocycles. The number of rotatable bonds is 1. The molecule has 0 aliphatic carbocycles. The molecule has 62 valence electrons. The Morgan fingerprint density at radius 1 is 1.58 bits per heavy atom. The predicted octanol–water partition coefficient (Wildman–Crippen LogP) is 1.25. The topological polar surface area (TPSA) is 50.4 Å². The van der Waals surface area contributed by atoms with Crippen molar-refractivity contribution in [3.63, 3.8) is 0 Å². The maximum absolute atomic E-state index is 5.50. The molecule has 0 fully saturated rings. The Balaban J connectivity index is 2.19. The molecule has 0 aromatic carbocycles. The van der Waals surface area contributed by atoms with Gasteiger partial charge in [0.25, 0.3) is 0 Å². The van der Waals surface area contributed by atoms with Crippen molar-refractivity contribution in [2.45, 2.75) is 6.42 Å². The highest BCUT2D eigenvalue weighted by Crippen LogP contribution is 2.14. The van der Waals surface area contributed by atoms with Crippen molar-refractivity contribution < 1.29 is 0 Å². The number of thiophene rings is 1. The van der Waals surface area contributed by atoms with Crippen LogP contribution in [0, 0.1) is 0 Å². The molecule has 0 unspecified atom stereocenters. The molecule has 1 aromatic rings. The van der Waals surface area contributed by atoms with E-state index in [0.717, 1.165) is 12.1 Å². The first-order valence-electron chi connectivity index (χ1n) is 3.68. The quantitative estimate of drug-likeness (QED) is 0.681. The van der Waals surface area contributed by atoms with E-state index in [2.05, 4.69) is 16.6 Å². The number of nitrogens with zero attached hydrogens (tertiary/aromatic N) is 1. The Hall–Kier alpha value is -1.29. The molecule has 0 radical (unpaired) electrons. The summed E-state index contributed by atoms with van der Waals surface area (Å²) in [5.74, 6) is 0.635. The van der Waals surface area contributed by atoms with Crippen LogP contribution < -0.4 is 11.2 Å². The molecule has 0 amide bonds. The van der Waals surface area contributed by atoms with E-state index in [-0.39, 0.29) is 0 Å². The third kappa shape index (κ3) is 1.33. The van der Waals surface area contributed by atoms with Gasteiger partial charge >= 0.3 is 0 Å².